The summed E-state index contributed by atoms with van der Waals surface area (Å²) < 4.78 is 0.897. The van der Waals surface area contributed by atoms with Crippen LogP contribution in [0.25, 0.3) is 0 Å². The second-order valence-electron chi connectivity index (χ2n) is 7.23. The van der Waals surface area contributed by atoms with Gasteiger partial charge in [-0.05, 0) is 48.9 Å². The summed E-state index contributed by atoms with van der Waals surface area (Å²) in [6.07, 6.45) is 16.3. The topological polar surface area (TPSA) is 0 Å². The van der Waals surface area contributed by atoms with E-state index < -0.39 is 0 Å². The summed E-state index contributed by atoms with van der Waals surface area (Å²) in [5.41, 5.74) is 1.93. The number of alkyl halides is 1. The van der Waals surface area contributed by atoms with Crippen molar-refractivity contribution in [3.8, 4) is 0 Å². The summed E-state index contributed by atoms with van der Waals surface area (Å²) in [5.74, 6) is 2.92. The van der Waals surface area contributed by atoms with Gasteiger partial charge >= 0.3 is 0 Å². The lowest BCUT2D eigenvalue weighted by molar-refractivity contribution is -0.00822. The van der Waals surface area contributed by atoms with Crippen molar-refractivity contribution in [2.24, 2.45) is 34.0 Å². The molecule has 5 aliphatic carbocycles. The Balaban J connectivity index is 1.63. The van der Waals surface area contributed by atoms with Gasteiger partial charge in [-0.25, -0.2) is 0 Å². The maximum absolute atomic E-state index is 2.76. The average molecular weight is 338 g/mol. The molecular formula is C16H19I. The maximum atomic E-state index is 2.76. The van der Waals surface area contributed by atoms with Crippen LogP contribution >= 0.6 is 22.6 Å². The van der Waals surface area contributed by atoms with E-state index in [4.69, 9.17) is 0 Å². The molecule has 0 saturated heterocycles. The minimum Gasteiger partial charge on any atom is -0.0847 e. The maximum Gasteiger partial charge on any atom is 0.0215 e. The lowest BCUT2D eigenvalue weighted by Gasteiger charge is -2.56. The van der Waals surface area contributed by atoms with Crippen LogP contribution in [0.15, 0.2) is 24.3 Å². The molecule has 7 unspecified atom stereocenters. The second-order valence-corrected chi connectivity index (χ2v) is 8.74. The number of fused-ring (bicyclic) bond motifs is 4. The van der Waals surface area contributed by atoms with Gasteiger partial charge in [0.05, 0.1) is 0 Å². The number of hydrogen-bond donors (Lipinski definition) is 0. The Bertz CT molecular complexity index is 478. The van der Waals surface area contributed by atoms with E-state index in [1.807, 2.05) is 0 Å². The van der Waals surface area contributed by atoms with Gasteiger partial charge in [0.15, 0.2) is 0 Å². The molecule has 3 saturated carbocycles. The summed E-state index contributed by atoms with van der Waals surface area (Å²) in [6, 6.07) is 0. The molecule has 3 fully saturated rings. The summed E-state index contributed by atoms with van der Waals surface area (Å²) in [7, 11) is 0. The van der Waals surface area contributed by atoms with Gasteiger partial charge in [-0.2, -0.15) is 0 Å². The smallest absolute Gasteiger partial charge is 0.0215 e. The van der Waals surface area contributed by atoms with Crippen molar-refractivity contribution < 1.29 is 0 Å². The second kappa shape index (κ2) is 2.57. The predicted molar refractivity (Wildman–Crippen MR) is 78.0 cm³/mol. The van der Waals surface area contributed by atoms with Crippen molar-refractivity contribution in [3.05, 3.63) is 24.3 Å². The molecule has 0 nitrogen and oxygen atoms in total. The van der Waals surface area contributed by atoms with Gasteiger partial charge < -0.3 is 0 Å². The Hall–Kier alpha value is 0.210. The molecule has 1 heteroatoms. The molecule has 0 radical (unpaired) electrons. The third-order valence-electron chi connectivity index (χ3n) is 7.17. The zero-order valence-electron chi connectivity index (χ0n) is 10.3. The van der Waals surface area contributed by atoms with Crippen molar-refractivity contribution >= 4 is 22.6 Å². The SMILES string of the molecule is CCC12CC3(C45C=CC(CC4I)C5)C=CC1C23. The van der Waals surface area contributed by atoms with Crippen LogP contribution in [-0.2, 0) is 0 Å². The molecule has 17 heavy (non-hydrogen) atoms. The first-order valence-electron chi connectivity index (χ1n) is 7.21. The van der Waals surface area contributed by atoms with Gasteiger partial charge in [0.2, 0.25) is 0 Å². The largest absolute Gasteiger partial charge is 0.0847 e. The van der Waals surface area contributed by atoms with E-state index in [0.29, 0.717) is 10.8 Å². The number of rotatable bonds is 2. The van der Waals surface area contributed by atoms with Crippen LogP contribution in [0.4, 0.5) is 0 Å². The summed E-state index contributed by atoms with van der Waals surface area (Å²) >= 11 is 2.76. The van der Waals surface area contributed by atoms with Crippen molar-refractivity contribution in [1.82, 2.24) is 0 Å². The van der Waals surface area contributed by atoms with Gasteiger partial charge in [-0.1, -0.05) is 53.8 Å². The average Bonchev–Trinajstić information content (AvgIpc) is 2.74. The Morgan fingerprint density at radius 1 is 1.24 bits per heavy atom. The number of hydrogen-bond acceptors (Lipinski definition) is 0. The standard InChI is InChI=1S/C16H19I/c1-2-14-9-16(6-4-11(14)13(14)16)15-5-3-10(8-15)7-12(15)17/h3-6,10-13H,2,7-9H2,1H3. The normalized spacial score (nSPS) is 68.4. The molecule has 0 heterocycles. The highest BCUT2D eigenvalue weighted by atomic mass is 127. The first-order chi connectivity index (χ1) is 8.19. The molecule has 0 aromatic carbocycles. The van der Waals surface area contributed by atoms with E-state index >= 15 is 0 Å². The molecule has 0 amide bonds. The Morgan fingerprint density at radius 2 is 2.06 bits per heavy atom. The molecule has 5 aliphatic rings. The molecule has 0 aromatic heterocycles. The Kier molecular flexibility index (Phi) is 1.52. The fourth-order valence-electron chi connectivity index (χ4n) is 6.42. The monoisotopic (exact) mass is 338 g/mol. The van der Waals surface area contributed by atoms with Crippen LogP contribution in [0.1, 0.15) is 32.6 Å². The van der Waals surface area contributed by atoms with E-state index in [-0.39, 0.29) is 0 Å². The third-order valence-corrected chi connectivity index (χ3v) is 8.79. The van der Waals surface area contributed by atoms with Crippen LogP contribution in [0.3, 0.4) is 0 Å². The Morgan fingerprint density at radius 3 is 2.59 bits per heavy atom. The van der Waals surface area contributed by atoms with E-state index in [1.165, 1.54) is 25.7 Å². The van der Waals surface area contributed by atoms with Crippen LogP contribution < -0.4 is 0 Å². The molecule has 0 spiro atoms. The van der Waals surface area contributed by atoms with Gasteiger partial charge in [0, 0.05) is 14.8 Å². The zero-order valence-corrected chi connectivity index (χ0v) is 12.5. The van der Waals surface area contributed by atoms with Crippen molar-refractivity contribution in [2.45, 2.75) is 36.5 Å². The van der Waals surface area contributed by atoms with Crippen LogP contribution in [-0.4, -0.2) is 3.92 Å². The van der Waals surface area contributed by atoms with Crippen LogP contribution in [0.5, 0.6) is 0 Å². The van der Waals surface area contributed by atoms with Crippen molar-refractivity contribution in [3.63, 3.8) is 0 Å². The van der Waals surface area contributed by atoms with Gasteiger partial charge in [0.1, 0.15) is 0 Å². The molecule has 90 valence electrons. The fourth-order valence-corrected chi connectivity index (χ4v) is 8.12. The van der Waals surface area contributed by atoms with Crippen LogP contribution in [0, 0.1) is 34.0 Å². The minimum absolute atomic E-state index is 0.559. The predicted octanol–water partition coefficient (Wildman–Crippen LogP) is 4.36. The molecule has 5 rings (SSSR count). The van der Waals surface area contributed by atoms with Crippen molar-refractivity contribution in [2.75, 3.05) is 0 Å². The molecular weight excluding hydrogens is 319 g/mol. The van der Waals surface area contributed by atoms with Crippen LogP contribution in [0.2, 0.25) is 0 Å². The summed E-state index contributed by atoms with van der Waals surface area (Å²) in [4.78, 5) is 0. The van der Waals surface area contributed by atoms with Gasteiger partial charge in [-0.3, -0.25) is 0 Å². The van der Waals surface area contributed by atoms with Crippen molar-refractivity contribution in [1.29, 1.82) is 0 Å². The Labute approximate surface area is 117 Å². The minimum atomic E-state index is 0.559. The first kappa shape index (κ1) is 10.1. The van der Waals surface area contributed by atoms with E-state index in [0.717, 1.165) is 27.1 Å². The number of halogens is 1. The van der Waals surface area contributed by atoms with E-state index in [2.05, 4.69) is 53.8 Å². The molecule has 0 aromatic rings. The van der Waals surface area contributed by atoms with Gasteiger partial charge in [0.25, 0.3) is 0 Å². The molecule has 0 aliphatic heterocycles. The van der Waals surface area contributed by atoms with Gasteiger partial charge in [-0.15, -0.1) is 0 Å². The zero-order chi connectivity index (χ0) is 11.5. The highest BCUT2D eigenvalue weighted by molar-refractivity contribution is 14.1. The molecule has 7 atom stereocenters. The quantitative estimate of drug-likeness (QED) is 0.399. The fraction of sp³-hybridized carbons (Fsp3) is 0.750. The number of allylic oxidation sites excluding steroid dienone is 4. The third kappa shape index (κ3) is 0.770. The molecule has 0 N–H and O–H groups in total. The summed E-state index contributed by atoms with van der Waals surface area (Å²) in [5, 5.41) is 0. The molecule has 2 bridgehead atoms. The highest BCUT2D eigenvalue weighted by Gasteiger charge is 2.86. The van der Waals surface area contributed by atoms with E-state index in [1.54, 1.807) is 0 Å². The lowest BCUT2D eigenvalue weighted by atomic mass is 9.48. The highest BCUT2D eigenvalue weighted by Crippen LogP contribution is 2.91. The summed E-state index contributed by atoms with van der Waals surface area (Å²) in [6.45, 7) is 2.41. The van der Waals surface area contributed by atoms with E-state index in [9.17, 15) is 0 Å². The lowest BCUT2D eigenvalue weighted by Crippen LogP contribution is -2.52. The first-order valence-corrected chi connectivity index (χ1v) is 8.46.